The predicted octanol–water partition coefficient (Wildman–Crippen LogP) is 2.37. The number of fused-ring (bicyclic) bond motifs is 1. The second-order valence-electron chi connectivity index (χ2n) is 6.78. The lowest BCUT2D eigenvalue weighted by Gasteiger charge is -2.28. The number of carbonyl (C=O) groups is 2. The van der Waals surface area contributed by atoms with E-state index in [-0.39, 0.29) is 24.7 Å². The minimum atomic E-state index is -1.32. The van der Waals surface area contributed by atoms with Crippen molar-refractivity contribution in [3.63, 3.8) is 0 Å². The Labute approximate surface area is 145 Å². The molecule has 1 aromatic heterocycles. The van der Waals surface area contributed by atoms with Crippen LogP contribution in [0, 0.1) is 5.41 Å². The molecule has 1 aliphatic carbocycles. The Hall–Kier alpha value is -2.76. The number of benzene rings is 1. The lowest BCUT2D eigenvalue weighted by Crippen LogP contribution is -2.46. The van der Waals surface area contributed by atoms with E-state index in [4.69, 9.17) is 0 Å². The molecule has 0 spiro atoms. The summed E-state index contributed by atoms with van der Waals surface area (Å²) in [6, 6.07) is 7.83. The Morgan fingerprint density at radius 1 is 1.16 bits per heavy atom. The van der Waals surface area contributed by atoms with Gasteiger partial charge >= 0.3 is 5.97 Å². The van der Waals surface area contributed by atoms with Crippen LogP contribution in [0.2, 0.25) is 0 Å². The van der Waals surface area contributed by atoms with Gasteiger partial charge in [0.25, 0.3) is 0 Å². The molecular weight excluding hydrogens is 318 g/mol. The topological polar surface area (TPSA) is 83.4 Å². The van der Waals surface area contributed by atoms with Crippen LogP contribution in [0.3, 0.4) is 0 Å². The molecule has 0 saturated carbocycles. The van der Waals surface area contributed by atoms with E-state index in [1.807, 2.05) is 24.3 Å². The van der Waals surface area contributed by atoms with Crippen molar-refractivity contribution in [1.82, 2.24) is 14.9 Å². The Morgan fingerprint density at radius 3 is 2.68 bits per heavy atom. The number of allylic oxidation sites excluding steroid dienone is 2. The van der Waals surface area contributed by atoms with Gasteiger partial charge in [0.2, 0.25) is 5.91 Å². The molecule has 0 bridgehead atoms. The van der Waals surface area contributed by atoms with E-state index in [2.05, 4.69) is 9.97 Å². The van der Waals surface area contributed by atoms with Crippen LogP contribution in [-0.2, 0) is 9.59 Å². The molecule has 128 valence electrons. The van der Waals surface area contributed by atoms with Crippen LogP contribution in [0.5, 0.6) is 0 Å². The average Bonchev–Trinajstić information content (AvgIpc) is 3.31. The fourth-order valence-electron chi connectivity index (χ4n) is 3.91. The van der Waals surface area contributed by atoms with Gasteiger partial charge in [0.15, 0.2) is 5.41 Å². The Bertz CT molecular complexity index is 864. The van der Waals surface area contributed by atoms with E-state index < -0.39 is 11.4 Å². The zero-order valence-electron chi connectivity index (χ0n) is 13.8. The summed E-state index contributed by atoms with van der Waals surface area (Å²) in [5.41, 5.74) is 0.511. The lowest BCUT2D eigenvalue weighted by atomic mass is 9.84. The molecule has 25 heavy (non-hydrogen) atoms. The third-order valence-corrected chi connectivity index (χ3v) is 5.35. The molecule has 2 heterocycles. The van der Waals surface area contributed by atoms with Gasteiger partial charge in [-0.1, -0.05) is 30.4 Å². The first-order valence-corrected chi connectivity index (χ1v) is 8.49. The van der Waals surface area contributed by atoms with Crippen molar-refractivity contribution in [2.75, 3.05) is 13.1 Å². The zero-order valence-corrected chi connectivity index (χ0v) is 13.8. The minimum Gasteiger partial charge on any atom is -0.480 e. The lowest BCUT2D eigenvalue weighted by molar-refractivity contribution is -0.159. The SMILES string of the molecule is O=C(O)C1(C(=O)N2CCC(c3ncnc4ccccc34)C2)CC=CC1. The highest BCUT2D eigenvalue weighted by atomic mass is 16.4. The second-order valence-corrected chi connectivity index (χ2v) is 6.78. The number of carbonyl (C=O) groups excluding carboxylic acids is 1. The molecule has 1 N–H and O–H groups in total. The molecular formula is C19H19N3O3. The maximum Gasteiger partial charge on any atom is 0.319 e. The van der Waals surface area contributed by atoms with E-state index in [0.717, 1.165) is 23.0 Å². The first-order valence-electron chi connectivity index (χ1n) is 8.49. The van der Waals surface area contributed by atoms with Crippen molar-refractivity contribution >= 4 is 22.8 Å². The van der Waals surface area contributed by atoms with E-state index >= 15 is 0 Å². The highest BCUT2D eigenvalue weighted by molar-refractivity contribution is 6.03. The molecule has 1 aliphatic heterocycles. The second kappa shape index (κ2) is 5.95. The van der Waals surface area contributed by atoms with Crippen LogP contribution in [0.15, 0.2) is 42.7 Å². The monoisotopic (exact) mass is 337 g/mol. The number of amides is 1. The van der Waals surface area contributed by atoms with Gasteiger partial charge in [-0.25, -0.2) is 9.97 Å². The van der Waals surface area contributed by atoms with Crippen molar-refractivity contribution < 1.29 is 14.7 Å². The number of rotatable bonds is 3. The number of hydrogen-bond donors (Lipinski definition) is 1. The van der Waals surface area contributed by atoms with Gasteiger partial charge in [-0.15, -0.1) is 0 Å². The van der Waals surface area contributed by atoms with E-state index in [1.54, 1.807) is 23.4 Å². The molecule has 6 heteroatoms. The molecule has 1 unspecified atom stereocenters. The third-order valence-electron chi connectivity index (χ3n) is 5.35. The smallest absolute Gasteiger partial charge is 0.319 e. The third kappa shape index (κ3) is 2.49. The summed E-state index contributed by atoms with van der Waals surface area (Å²) in [7, 11) is 0. The van der Waals surface area contributed by atoms with Crippen molar-refractivity contribution in [3.05, 3.63) is 48.4 Å². The summed E-state index contributed by atoms with van der Waals surface area (Å²) in [6.45, 7) is 1.08. The molecule has 1 atom stereocenters. The molecule has 4 rings (SSSR count). The molecule has 1 aromatic carbocycles. The number of likely N-dealkylation sites (tertiary alicyclic amines) is 1. The Kier molecular flexibility index (Phi) is 3.75. The normalized spacial score (nSPS) is 21.8. The largest absolute Gasteiger partial charge is 0.480 e. The zero-order chi connectivity index (χ0) is 17.4. The Morgan fingerprint density at radius 2 is 1.92 bits per heavy atom. The van der Waals surface area contributed by atoms with Crippen LogP contribution >= 0.6 is 0 Å². The molecule has 1 saturated heterocycles. The van der Waals surface area contributed by atoms with Gasteiger partial charge < -0.3 is 10.0 Å². The molecule has 2 aromatic rings. The summed E-state index contributed by atoms with van der Waals surface area (Å²) in [6.07, 6.45) is 6.48. The quantitative estimate of drug-likeness (QED) is 0.687. The van der Waals surface area contributed by atoms with Crippen molar-refractivity contribution in [2.45, 2.75) is 25.2 Å². The van der Waals surface area contributed by atoms with Gasteiger partial charge in [0, 0.05) is 24.4 Å². The number of para-hydroxylation sites is 1. The number of aliphatic carboxylic acids is 1. The molecule has 6 nitrogen and oxygen atoms in total. The highest BCUT2D eigenvalue weighted by Crippen LogP contribution is 2.38. The van der Waals surface area contributed by atoms with Crippen LogP contribution in [0.1, 0.15) is 30.9 Å². The van der Waals surface area contributed by atoms with Gasteiger partial charge in [-0.05, 0) is 25.3 Å². The molecule has 1 amide bonds. The number of nitrogens with zero attached hydrogens (tertiary/aromatic N) is 3. The summed E-state index contributed by atoms with van der Waals surface area (Å²) < 4.78 is 0. The fourth-order valence-corrected chi connectivity index (χ4v) is 3.91. The number of aromatic nitrogens is 2. The van der Waals surface area contributed by atoms with Crippen LogP contribution < -0.4 is 0 Å². The maximum atomic E-state index is 12.9. The van der Waals surface area contributed by atoms with Crippen LogP contribution in [-0.4, -0.2) is 44.9 Å². The van der Waals surface area contributed by atoms with Crippen LogP contribution in [0.25, 0.3) is 10.9 Å². The fraction of sp³-hybridized carbons (Fsp3) is 0.368. The molecule has 1 fully saturated rings. The van der Waals surface area contributed by atoms with Gasteiger partial charge in [0.05, 0.1) is 11.2 Å². The number of carboxylic acid groups (broad SMARTS) is 1. The summed E-state index contributed by atoms with van der Waals surface area (Å²) in [4.78, 5) is 35.1. The number of carboxylic acids is 1. The van der Waals surface area contributed by atoms with Gasteiger partial charge in [0.1, 0.15) is 6.33 Å². The number of hydrogen-bond acceptors (Lipinski definition) is 4. The Balaban J connectivity index is 1.59. The van der Waals surface area contributed by atoms with Crippen molar-refractivity contribution in [1.29, 1.82) is 0 Å². The summed E-state index contributed by atoms with van der Waals surface area (Å²) >= 11 is 0. The molecule has 2 aliphatic rings. The standard InChI is InChI=1S/C19H19N3O3/c23-17(19(18(24)25)8-3-4-9-19)22-10-7-13(11-22)16-14-5-1-2-6-15(14)20-12-21-16/h1-6,12-13H,7-11H2,(H,24,25). The first-order chi connectivity index (χ1) is 12.1. The van der Waals surface area contributed by atoms with E-state index in [0.29, 0.717) is 13.1 Å². The summed E-state index contributed by atoms with van der Waals surface area (Å²) in [5, 5.41) is 10.6. The van der Waals surface area contributed by atoms with Gasteiger partial charge in [-0.3, -0.25) is 9.59 Å². The van der Waals surface area contributed by atoms with Crippen LogP contribution in [0.4, 0.5) is 0 Å². The first kappa shape index (κ1) is 15.7. The highest BCUT2D eigenvalue weighted by Gasteiger charge is 2.49. The maximum absolute atomic E-state index is 12.9. The van der Waals surface area contributed by atoms with E-state index in [1.165, 1.54) is 0 Å². The summed E-state index contributed by atoms with van der Waals surface area (Å²) in [5.74, 6) is -1.19. The van der Waals surface area contributed by atoms with E-state index in [9.17, 15) is 14.7 Å². The predicted molar refractivity (Wildman–Crippen MR) is 91.9 cm³/mol. The average molecular weight is 337 g/mol. The van der Waals surface area contributed by atoms with Crippen molar-refractivity contribution in [2.24, 2.45) is 5.41 Å². The van der Waals surface area contributed by atoms with Gasteiger partial charge in [-0.2, -0.15) is 0 Å². The minimum absolute atomic E-state index is 0.108. The molecule has 0 radical (unpaired) electrons. The van der Waals surface area contributed by atoms with Crippen molar-refractivity contribution in [3.8, 4) is 0 Å².